The smallest absolute Gasteiger partial charge is 0.337 e. The zero-order valence-electron chi connectivity index (χ0n) is 10.2. The number of hydrogen-bond acceptors (Lipinski definition) is 1. The molecule has 0 fully saturated rings. The van der Waals surface area contributed by atoms with Gasteiger partial charge in [-0.05, 0) is 44.0 Å². The van der Waals surface area contributed by atoms with Crippen LogP contribution in [-0.4, -0.2) is 15.6 Å². The number of aromatic nitrogens is 1. The molecule has 1 heterocycles. The second-order valence-corrected chi connectivity index (χ2v) is 4.21. The molecule has 1 aromatic heterocycles. The summed E-state index contributed by atoms with van der Waals surface area (Å²) < 4.78 is 1.92. The van der Waals surface area contributed by atoms with Gasteiger partial charge in [-0.1, -0.05) is 12.1 Å². The van der Waals surface area contributed by atoms with Gasteiger partial charge in [-0.25, -0.2) is 4.79 Å². The first kappa shape index (κ1) is 11.5. The lowest BCUT2D eigenvalue weighted by molar-refractivity contribution is 0.0696. The zero-order valence-corrected chi connectivity index (χ0v) is 10.2. The van der Waals surface area contributed by atoms with E-state index in [0.29, 0.717) is 5.56 Å². The van der Waals surface area contributed by atoms with E-state index in [4.69, 9.17) is 5.11 Å². The molecule has 0 saturated heterocycles. The molecule has 0 aliphatic heterocycles. The minimum atomic E-state index is -0.883. The summed E-state index contributed by atoms with van der Waals surface area (Å²) in [5.74, 6) is -0.883. The largest absolute Gasteiger partial charge is 0.478 e. The van der Waals surface area contributed by atoms with E-state index >= 15 is 0 Å². The Hall–Kier alpha value is -2.03. The summed E-state index contributed by atoms with van der Waals surface area (Å²) >= 11 is 0. The van der Waals surface area contributed by atoms with Crippen LogP contribution in [0.2, 0.25) is 0 Å². The van der Waals surface area contributed by atoms with Crippen molar-refractivity contribution in [3.63, 3.8) is 0 Å². The number of rotatable bonds is 2. The van der Waals surface area contributed by atoms with Crippen LogP contribution in [-0.2, 0) is 0 Å². The van der Waals surface area contributed by atoms with Gasteiger partial charge in [-0.2, -0.15) is 0 Å². The molecule has 17 heavy (non-hydrogen) atoms. The Balaban J connectivity index is 2.62. The number of nitrogens with zero attached hydrogens (tertiary/aromatic N) is 1. The van der Waals surface area contributed by atoms with Gasteiger partial charge in [-0.3, -0.25) is 0 Å². The highest BCUT2D eigenvalue weighted by molar-refractivity contribution is 5.89. The minimum Gasteiger partial charge on any atom is -0.478 e. The van der Waals surface area contributed by atoms with Crippen LogP contribution in [0.15, 0.2) is 30.5 Å². The highest BCUT2D eigenvalue weighted by Gasteiger charge is 2.13. The number of carboxylic acids is 1. The molecule has 3 heteroatoms. The first-order valence-electron chi connectivity index (χ1n) is 5.50. The van der Waals surface area contributed by atoms with Crippen LogP contribution >= 0.6 is 0 Å². The van der Waals surface area contributed by atoms with E-state index in [1.165, 1.54) is 11.1 Å². The first-order valence-corrected chi connectivity index (χ1v) is 5.50. The molecule has 0 bridgehead atoms. The molecule has 0 radical (unpaired) electrons. The number of aryl methyl sites for hydroxylation is 1. The molecular weight excluding hydrogens is 214 g/mol. The second-order valence-electron chi connectivity index (χ2n) is 4.21. The van der Waals surface area contributed by atoms with Crippen molar-refractivity contribution < 1.29 is 9.90 Å². The quantitative estimate of drug-likeness (QED) is 0.859. The van der Waals surface area contributed by atoms with E-state index in [0.717, 1.165) is 11.4 Å². The maximum atomic E-state index is 11.0. The molecule has 1 aromatic carbocycles. The number of carboxylic acid groups (broad SMARTS) is 1. The molecule has 3 nitrogen and oxygen atoms in total. The predicted molar refractivity (Wildman–Crippen MR) is 66.9 cm³/mol. The van der Waals surface area contributed by atoms with Crippen LogP contribution in [0.1, 0.15) is 27.2 Å². The van der Waals surface area contributed by atoms with E-state index in [9.17, 15) is 4.79 Å². The lowest BCUT2D eigenvalue weighted by Gasteiger charge is -2.12. The Morgan fingerprint density at radius 3 is 2.47 bits per heavy atom. The second kappa shape index (κ2) is 4.09. The average molecular weight is 229 g/mol. The predicted octanol–water partition coefficient (Wildman–Crippen LogP) is 3.10. The molecular formula is C14H15NO2. The third-order valence-electron chi connectivity index (χ3n) is 3.21. The maximum Gasteiger partial charge on any atom is 0.337 e. The van der Waals surface area contributed by atoms with Gasteiger partial charge in [-0.15, -0.1) is 0 Å². The summed E-state index contributed by atoms with van der Waals surface area (Å²) in [6, 6.07) is 7.67. The van der Waals surface area contributed by atoms with Gasteiger partial charge in [0.05, 0.1) is 5.56 Å². The summed E-state index contributed by atoms with van der Waals surface area (Å²) in [6.45, 7) is 5.92. The van der Waals surface area contributed by atoms with Crippen molar-refractivity contribution in [3.8, 4) is 5.69 Å². The summed E-state index contributed by atoms with van der Waals surface area (Å²) in [5.41, 5.74) is 4.52. The van der Waals surface area contributed by atoms with Crippen LogP contribution < -0.4 is 0 Å². The number of carbonyl (C=O) groups is 1. The van der Waals surface area contributed by atoms with Crippen LogP contribution in [0.25, 0.3) is 5.69 Å². The van der Waals surface area contributed by atoms with Crippen molar-refractivity contribution in [1.29, 1.82) is 0 Å². The van der Waals surface area contributed by atoms with Gasteiger partial charge in [0.25, 0.3) is 0 Å². The van der Waals surface area contributed by atoms with E-state index in [1.807, 2.05) is 30.5 Å². The fourth-order valence-electron chi connectivity index (χ4n) is 1.99. The lowest BCUT2D eigenvalue weighted by atomic mass is 10.1. The normalized spacial score (nSPS) is 10.5. The monoisotopic (exact) mass is 229 g/mol. The van der Waals surface area contributed by atoms with Crippen molar-refractivity contribution in [2.24, 2.45) is 0 Å². The molecule has 0 aliphatic carbocycles. The lowest BCUT2D eigenvalue weighted by Crippen LogP contribution is -2.03. The maximum absolute atomic E-state index is 11.0. The molecule has 0 unspecified atom stereocenters. The van der Waals surface area contributed by atoms with Crippen molar-refractivity contribution in [2.75, 3.05) is 0 Å². The van der Waals surface area contributed by atoms with Crippen LogP contribution in [0.4, 0.5) is 0 Å². The summed E-state index contributed by atoms with van der Waals surface area (Å²) in [6.07, 6.45) is 1.81. The third kappa shape index (κ3) is 1.84. The summed E-state index contributed by atoms with van der Waals surface area (Å²) in [5, 5.41) is 9.04. The fourth-order valence-corrected chi connectivity index (χ4v) is 1.99. The summed E-state index contributed by atoms with van der Waals surface area (Å²) in [4.78, 5) is 11.0. The van der Waals surface area contributed by atoms with E-state index in [1.54, 1.807) is 12.3 Å². The molecule has 88 valence electrons. The van der Waals surface area contributed by atoms with Crippen molar-refractivity contribution >= 4 is 5.97 Å². The molecule has 0 atom stereocenters. The van der Waals surface area contributed by atoms with Gasteiger partial charge in [0.15, 0.2) is 0 Å². The highest BCUT2D eigenvalue weighted by Crippen LogP contribution is 2.21. The molecule has 0 aliphatic rings. The van der Waals surface area contributed by atoms with Crippen LogP contribution in [0.3, 0.4) is 0 Å². The molecule has 2 aromatic rings. The number of aromatic carboxylic acids is 1. The Morgan fingerprint density at radius 1 is 1.18 bits per heavy atom. The molecule has 2 rings (SSSR count). The number of benzene rings is 1. The Morgan fingerprint density at radius 2 is 1.88 bits per heavy atom. The van der Waals surface area contributed by atoms with Gasteiger partial charge >= 0.3 is 5.97 Å². The van der Waals surface area contributed by atoms with Crippen molar-refractivity contribution in [3.05, 3.63) is 52.8 Å². The fraction of sp³-hybridized carbons (Fsp3) is 0.214. The number of hydrogen-bond donors (Lipinski definition) is 1. The molecule has 0 amide bonds. The van der Waals surface area contributed by atoms with Gasteiger partial charge in [0.2, 0.25) is 0 Å². The highest BCUT2D eigenvalue weighted by atomic mass is 16.4. The Kier molecular flexibility index (Phi) is 2.76. The Bertz CT molecular complexity index is 582. The summed E-state index contributed by atoms with van der Waals surface area (Å²) in [7, 11) is 0. The Labute approximate surface area is 100 Å². The van der Waals surface area contributed by atoms with Gasteiger partial charge < -0.3 is 9.67 Å². The SMILES string of the molecule is Cc1cccc(-n2ccc(C(=O)O)c2C)c1C. The van der Waals surface area contributed by atoms with Gasteiger partial charge in [0, 0.05) is 17.6 Å². The molecule has 0 saturated carbocycles. The van der Waals surface area contributed by atoms with Gasteiger partial charge in [0.1, 0.15) is 0 Å². The van der Waals surface area contributed by atoms with E-state index in [2.05, 4.69) is 13.0 Å². The van der Waals surface area contributed by atoms with E-state index in [-0.39, 0.29) is 0 Å². The van der Waals surface area contributed by atoms with Crippen LogP contribution in [0.5, 0.6) is 0 Å². The first-order chi connectivity index (χ1) is 8.02. The average Bonchev–Trinajstić information content (AvgIpc) is 2.64. The zero-order chi connectivity index (χ0) is 12.6. The minimum absolute atomic E-state index is 0.353. The topological polar surface area (TPSA) is 42.2 Å². The molecule has 1 N–H and O–H groups in total. The molecule has 0 spiro atoms. The standard InChI is InChI=1S/C14H15NO2/c1-9-5-4-6-13(10(9)2)15-8-7-12(11(15)3)14(16)17/h4-8H,1-3H3,(H,16,17). The van der Waals surface area contributed by atoms with Crippen LogP contribution in [0, 0.1) is 20.8 Å². The van der Waals surface area contributed by atoms with Crippen molar-refractivity contribution in [1.82, 2.24) is 4.57 Å². The van der Waals surface area contributed by atoms with Crippen molar-refractivity contribution in [2.45, 2.75) is 20.8 Å². The van der Waals surface area contributed by atoms with E-state index < -0.39 is 5.97 Å². The third-order valence-corrected chi connectivity index (χ3v) is 3.21.